The van der Waals surface area contributed by atoms with E-state index in [2.05, 4.69) is 24.3 Å². The van der Waals surface area contributed by atoms with Crippen LogP contribution in [-0.4, -0.2) is 20.9 Å². The average Bonchev–Trinajstić information content (AvgIpc) is 2.79. The maximum atomic E-state index is 13.3. The molecule has 0 saturated heterocycles. The van der Waals surface area contributed by atoms with Gasteiger partial charge in [0.1, 0.15) is 5.82 Å². The molecule has 112 valence electrons. The standard InChI is InChI=1S/C15H18FN3O2/c1-9(2)12-7-18-19(3)14(12)8-17-10-4-5-13(16)11(6-10)15(20)21/h4-7,9,17H,8H2,1-3H3,(H,20,21). The smallest absolute Gasteiger partial charge is 0.338 e. The third-order valence-electron chi connectivity index (χ3n) is 3.37. The van der Waals surface area contributed by atoms with Crippen LogP contribution in [0.5, 0.6) is 0 Å². The van der Waals surface area contributed by atoms with E-state index >= 15 is 0 Å². The minimum atomic E-state index is -1.28. The van der Waals surface area contributed by atoms with E-state index in [4.69, 9.17) is 5.11 Å². The summed E-state index contributed by atoms with van der Waals surface area (Å²) in [5, 5.41) is 16.3. The van der Waals surface area contributed by atoms with Crippen molar-refractivity contribution in [1.82, 2.24) is 9.78 Å². The second-order valence-electron chi connectivity index (χ2n) is 5.18. The molecule has 21 heavy (non-hydrogen) atoms. The van der Waals surface area contributed by atoms with E-state index in [-0.39, 0.29) is 5.56 Å². The fourth-order valence-electron chi connectivity index (χ4n) is 2.16. The van der Waals surface area contributed by atoms with Gasteiger partial charge in [0, 0.05) is 12.7 Å². The number of benzene rings is 1. The fraction of sp³-hybridized carbons (Fsp3) is 0.333. The van der Waals surface area contributed by atoms with Crippen LogP contribution in [0.3, 0.4) is 0 Å². The molecular weight excluding hydrogens is 273 g/mol. The molecule has 0 aliphatic heterocycles. The van der Waals surface area contributed by atoms with E-state index < -0.39 is 11.8 Å². The first-order valence-corrected chi connectivity index (χ1v) is 6.67. The number of hydrogen-bond donors (Lipinski definition) is 2. The Bertz CT molecular complexity index is 665. The second-order valence-corrected chi connectivity index (χ2v) is 5.18. The third kappa shape index (κ3) is 3.21. The molecule has 0 amide bonds. The molecular formula is C15H18FN3O2. The highest BCUT2D eigenvalue weighted by Gasteiger charge is 2.13. The van der Waals surface area contributed by atoms with Gasteiger partial charge in [-0.25, -0.2) is 9.18 Å². The van der Waals surface area contributed by atoms with E-state index in [1.807, 2.05) is 13.2 Å². The molecule has 2 N–H and O–H groups in total. The van der Waals surface area contributed by atoms with Crippen molar-refractivity contribution in [2.24, 2.45) is 7.05 Å². The van der Waals surface area contributed by atoms with Crippen LogP contribution in [0.15, 0.2) is 24.4 Å². The molecule has 6 heteroatoms. The predicted octanol–water partition coefficient (Wildman–Crippen LogP) is 2.99. The predicted molar refractivity (Wildman–Crippen MR) is 78.0 cm³/mol. The summed E-state index contributed by atoms with van der Waals surface area (Å²) in [6.07, 6.45) is 1.83. The first-order valence-electron chi connectivity index (χ1n) is 6.67. The molecule has 2 rings (SSSR count). The van der Waals surface area contributed by atoms with E-state index in [0.29, 0.717) is 18.2 Å². The summed E-state index contributed by atoms with van der Waals surface area (Å²) in [7, 11) is 1.86. The Morgan fingerprint density at radius 3 is 2.81 bits per heavy atom. The second kappa shape index (κ2) is 5.95. The Morgan fingerprint density at radius 2 is 2.19 bits per heavy atom. The molecule has 1 heterocycles. The topological polar surface area (TPSA) is 67.2 Å². The zero-order chi connectivity index (χ0) is 15.6. The van der Waals surface area contributed by atoms with Gasteiger partial charge >= 0.3 is 5.97 Å². The van der Waals surface area contributed by atoms with Crippen LogP contribution in [0.4, 0.5) is 10.1 Å². The molecule has 0 fully saturated rings. The van der Waals surface area contributed by atoms with Crippen LogP contribution in [0.2, 0.25) is 0 Å². The van der Waals surface area contributed by atoms with Gasteiger partial charge in [0.15, 0.2) is 0 Å². The largest absolute Gasteiger partial charge is 0.478 e. The normalized spacial score (nSPS) is 10.9. The molecule has 0 bridgehead atoms. The van der Waals surface area contributed by atoms with Crippen molar-refractivity contribution >= 4 is 11.7 Å². The van der Waals surface area contributed by atoms with Crippen molar-refractivity contribution in [3.63, 3.8) is 0 Å². The van der Waals surface area contributed by atoms with E-state index in [9.17, 15) is 9.18 Å². The first kappa shape index (κ1) is 15.0. The highest BCUT2D eigenvalue weighted by atomic mass is 19.1. The van der Waals surface area contributed by atoms with Gasteiger partial charge in [-0.2, -0.15) is 5.10 Å². The van der Waals surface area contributed by atoms with E-state index in [1.165, 1.54) is 12.1 Å². The highest BCUT2D eigenvalue weighted by Crippen LogP contribution is 2.21. The number of halogens is 1. The maximum Gasteiger partial charge on any atom is 0.338 e. The van der Waals surface area contributed by atoms with Crippen LogP contribution < -0.4 is 5.32 Å². The van der Waals surface area contributed by atoms with E-state index in [1.54, 1.807) is 4.68 Å². The molecule has 0 unspecified atom stereocenters. The highest BCUT2D eigenvalue weighted by molar-refractivity contribution is 5.89. The zero-order valence-corrected chi connectivity index (χ0v) is 12.2. The molecule has 0 aliphatic carbocycles. The summed E-state index contributed by atoms with van der Waals surface area (Å²) in [6.45, 7) is 4.66. The number of carbonyl (C=O) groups is 1. The molecule has 0 spiro atoms. The molecule has 1 aromatic heterocycles. The number of aromatic nitrogens is 2. The number of aromatic carboxylic acids is 1. The van der Waals surface area contributed by atoms with Gasteiger partial charge in [-0.15, -0.1) is 0 Å². The Balaban J connectivity index is 2.19. The summed E-state index contributed by atoms with van der Waals surface area (Å²) in [5.74, 6) is -1.67. The number of anilines is 1. The van der Waals surface area contributed by atoms with Crippen molar-refractivity contribution < 1.29 is 14.3 Å². The summed E-state index contributed by atoms with van der Waals surface area (Å²) < 4.78 is 15.1. The van der Waals surface area contributed by atoms with Gasteiger partial charge in [-0.3, -0.25) is 4.68 Å². The molecule has 0 radical (unpaired) electrons. The molecule has 5 nitrogen and oxygen atoms in total. The van der Waals surface area contributed by atoms with Crippen molar-refractivity contribution in [3.8, 4) is 0 Å². The zero-order valence-electron chi connectivity index (χ0n) is 12.2. The first-order chi connectivity index (χ1) is 9.90. The summed E-state index contributed by atoms with van der Waals surface area (Å²) in [4.78, 5) is 10.9. The van der Waals surface area contributed by atoms with Crippen LogP contribution in [0.25, 0.3) is 0 Å². The number of aryl methyl sites for hydroxylation is 1. The molecule has 1 aromatic carbocycles. The fourth-order valence-corrected chi connectivity index (χ4v) is 2.16. The minimum absolute atomic E-state index is 0.339. The third-order valence-corrected chi connectivity index (χ3v) is 3.37. The quantitative estimate of drug-likeness (QED) is 0.888. The number of hydrogen-bond acceptors (Lipinski definition) is 3. The van der Waals surface area contributed by atoms with Gasteiger partial charge in [0.2, 0.25) is 0 Å². The van der Waals surface area contributed by atoms with Gasteiger partial charge in [0.25, 0.3) is 0 Å². The van der Waals surface area contributed by atoms with Crippen molar-refractivity contribution in [1.29, 1.82) is 0 Å². The Kier molecular flexibility index (Phi) is 4.26. The van der Waals surface area contributed by atoms with Gasteiger partial charge < -0.3 is 10.4 Å². The molecule has 0 saturated carbocycles. The number of rotatable bonds is 5. The number of carboxylic acids is 1. The maximum absolute atomic E-state index is 13.3. The minimum Gasteiger partial charge on any atom is -0.478 e. The molecule has 0 aliphatic rings. The van der Waals surface area contributed by atoms with Crippen LogP contribution in [0, 0.1) is 5.82 Å². The van der Waals surface area contributed by atoms with Crippen molar-refractivity contribution in [2.75, 3.05) is 5.32 Å². The van der Waals surface area contributed by atoms with Gasteiger partial charge in [-0.05, 0) is 29.7 Å². The van der Waals surface area contributed by atoms with Crippen LogP contribution >= 0.6 is 0 Å². The number of nitrogens with zero attached hydrogens (tertiary/aromatic N) is 2. The van der Waals surface area contributed by atoms with Gasteiger partial charge in [0.05, 0.1) is 24.0 Å². The lowest BCUT2D eigenvalue weighted by molar-refractivity contribution is 0.0692. The molecule has 0 atom stereocenters. The SMILES string of the molecule is CC(C)c1cnn(C)c1CNc1ccc(F)c(C(=O)O)c1. The lowest BCUT2D eigenvalue weighted by atomic mass is 10.0. The van der Waals surface area contributed by atoms with E-state index in [0.717, 1.165) is 17.3 Å². The average molecular weight is 291 g/mol. The monoisotopic (exact) mass is 291 g/mol. The lowest BCUT2D eigenvalue weighted by Gasteiger charge is -2.11. The number of carboxylic acid groups (broad SMARTS) is 1. The Labute approximate surface area is 122 Å². The van der Waals surface area contributed by atoms with Gasteiger partial charge in [-0.1, -0.05) is 13.8 Å². The van der Waals surface area contributed by atoms with Crippen molar-refractivity contribution in [2.45, 2.75) is 26.3 Å². The molecule has 2 aromatic rings. The lowest BCUT2D eigenvalue weighted by Crippen LogP contribution is -2.09. The Hall–Kier alpha value is -2.37. The number of nitrogens with one attached hydrogen (secondary N) is 1. The van der Waals surface area contributed by atoms with Crippen LogP contribution in [-0.2, 0) is 13.6 Å². The van der Waals surface area contributed by atoms with Crippen molar-refractivity contribution in [3.05, 3.63) is 47.0 Å². The summed E-state index contributed by atoms with van der Waals surface area (Å²) in [6, 6.07) is 3.97. The van der Waals surface area contributed by atoms with Crippen LogP contribution in [0.1, 0.15) is 41.4 Å². The summed E-state index contributed by atoms with van der Waals surface area (Å²) >= 11 is 0. The Morgan fingerprint density at radius 1 is 1.48 bits per heavy atom. The summed E-state index contributed by atoms with van der Waals surface area (Å²) in [5.41, 5.74) is 2.37.